The number of carbonyl (C=O) groups is 1. The average molecular weight is 504 g/mol. The summed E-state index contributed by atoms with van der Waals surface area (Å²) in [6, 6.07) is 3.10. The van der Waals surface area contributed by atoms with E-state index in [0.717, 1.165) is 16.6 Å². The van der Waals surface area contributed by atoms with Crippen molar-refractivity contribution >= 4 is 25.2 Å². The predicted octanol–water partition coefficient (Wildman–Crippen LogP) is 5.64. The summed E-state index contributed by atoms with van der Waals surface area (Å²) >= 11 is 0. The maximum absolute atomic E-state index is 15.3. The van der Waals surface area contributed by atoms with Gasteiger partial charge in [-0.1, -0.05) is 20.8 Å². The number of halogens is 1. The number of ether oxygens (including phenoxy) is 1. The Labute approximate surface area is 207 Å². The van der Waals surface area contributed by atoms with Crippen molar-refractivity contribution < 1.29 is 23.5 Å². The molecule has 0 saturated heterocycles. The molecule has 0 atom stereocenters. The molecule has 0 fully saturated rings. The predicted molar refractivity (Wildman–Crippen MR) is 139 cm³/mol. The first-order valence-corrected chi connectivity index (χ1v) is 15.0. The molecule has 0 spiro atoms. The van der Waals surface area contributed by atoms with Crippen LogP contribution in [0, 0.1) is 12.7 Å². The molecule has 0 amide bonds. The van der Waals surface area contributed by atoms with Crippen LogP contribution < -0.4 is 0 Å². The normalized spacial score (nSPS) is 12.5. The lowest BCUT2D eigenvalue weighted by Crippen LogP contribution is -2.41. The van der Waals surface area contributed by atoms with Crippen LogP contribution in [0.1, 0.15) is 61.6 Å². The van der Waals surface area contributed by atoms with E-state index in [-0.39, 0.29) is 18.3 Å². The number of hydrogen-bond donors (Lipinski definition) is 2. The van der Waals surface area contributed by atoms with Crippen LogP contribution in [-0.2, 0) is 29.2 Å². The number of hydrogen-bond acceptors (Lipinski definition) is 5. The molecule has 0 aliphatic heterocycles. The molecule has 1 aromatic carbocycles. The van der Waals surface area contributed by atoms with Gasteiger partial charge in [0.15, 0.2) is 8.32 Å². The van der Waals surface area contributed by atoms with Crippen LogP contribution in [0.25, 0.3) is 22.0 Å². The maximum atomic E-state index is 15.3. The zero-order chi connectivity index (χ0) is 26.1. The SMILES string of the molecule is CCOC(=O)c1[nH]c2c(-c3c(CO)nn(C)c3C)c(F)ccc2c1CCCO[Si](C)(C)C(C)(C)C. The van der Waals surface area contributed by atoms with E-state index in [1.54, 1.807) is 24.7 Å². The molecule has 35 heavy (non-hydrogen) atoms. The highest BCUT2D eigenvalue weighted by molar-refractivity contribution is 6.74. The zero-order valence-corrected chi connectivity index (χ0v) is 23.1. The van der Waals surface area contributed by atoms with Crippen molar-refractivity contribution in [3.05, 3.63) is 40.6 Å². The van der Waals surface area contributed by atoms with Crippen LogP contribution in [0.2, 0.25) is 18.1 Å². The van der Waals surface area contributed by atoms with Gasteiger partial charge in [-0.2, -0.15) is 5.10 Å². The number of fused-ring (bicyclic) bond motifs is 1. The van der Waals surface area contributed by atoms with Crippen LogP contribution in [0.5, 0.6) is 0 Å². The summed E-state index contributed by atoms with van der Waals surface area (Å²) in [5, 5.41) is 15.1. The number of rotatable bonds is 9. The number of carbonyl (C=O) groups excluding carboxylic acids is 1. The molecular weight excluding hydrogens is 465 g/mol. The van der Waals surface area contributed by atoms with Gasteiger partial charge in [-0.3, -0.25) is 4.68 Å². The van der Waals surface area contributed by atoms with E-state index in [0.29, 0.717) is 47.5 Å². The molecule has 9 heteroatoms. The smallest absolute Gasteiger partial charge is 0.355 e. The Kier molecular flexibility index (Phi) is 7.93. The zero-order valence-electron chi connectivity index (χ0n) is 22.1. The summed E-state index contributed by atoms with van der Waals surface area (Å²) in [5.41, 5.74) is 3.54. The lowest BCUT2D eigenvalue weighted by Gasteiger charge is -2.36. The van der Waals surface area contributed by atoms with Crippen molar-refractivity contribution in [3.63, 3.8) is 0 Å². The van der Waals surface area contributed by atoms with Crippen LogP contribution in [0.15, 0.2) is 12.1 Å². The largest absolute Gasteiger partial charge is 0.461 e. The van der Waals surface area contributed by atoms with Crippen molar-refractivity contribution in [2.24, 2.45) is 7.05 Å². The van der Waals surface area contributed by atoms with E-state index in [2.05, 4.69) is 43.9 Å². The lowest BCUT2D eigenvalue weighted by molar-refractivity contribution is 0.0519. The number of benzene rings is 1. The summed E-state index contributed by atoms with van der Waals surface area (Å²) in [6.45, 7) is 15.1. The third-order valence-corrected chi connectivity index (χ3v) is 11.7. The molecular formula is C26H38FN3O4Si. The van der Waals surface area contributed by atoms with E-state index in [4.69, 9.17) is 9.16 Å². The minimum atomic E-state index is -1.89. The maximum Gasteiger partial charge on any atom is 0.355 e. The first-order valence-electron chi connectivity index (χ1n) is 12.1. The Balaban J connectivity index is 2.07. The van der Waals surface area contributed by atoms with Crippen molar-refractivity contribution in [3.8, 4) is 11.1 Å². The number of nitrogens with one attached hydrogen (secondary N) is 1. The van der Waals surface area contributed by atoms with Crippen LogP contribution in [0.4, 0.5) is 4.39 Å². The molecule has 0 radical (unpaired) electrons. The van der Waals surface area contributed by atoms with Gasteiger partial charge < -0.3 is 19.3 Å². The van der Waals surface area contributed by atoms with E-state index >= 15 is 4.39 Å². The fourth-order valence-electron chi connectivity index (χ4n) is 4.08. The highest BCUT2D eigenvalue weighted by atomic mass is 28.4. The van der Waals surface area contributed by atoms with Crippen molar-refractivity contribution in [1.29, 1.82) is 0 Å². The molecule has 192 valence electrons. The second-order valence-electron chi connectivity index (χ2n) is 10.4. The molecule has 2 heterocycles. The molecule has 0 unspecified atom stereocenters. The Hall–Kier alpha value is -2.49. The van der Waals surface area contributed by atoms with E-state index in [1.807, 2.05) is 6.92 Å². The molecule has 3 rings (SSSR count). The van der Waals surface area contributed by atoms with Gasteiger partial charge in [-0.05, 0) is 62.5 Å². The summed E-state index contributed by atoms with van der Waals surface area (Å²) in [4.78, 5) is 16.0. The standard InChI is InChI=1S/C26H38FN3O4Si/c1-9-33-25(32)24-17(11-10-14-34-35(7,8)26(3,4)5)18-12-13-19(27)22(23(18)28-24)21-16(2)30(6)29-20(21)15-31/h12-13,28,31H,9-11,14-15H2,1-8H3. The second-order valence-corrected chi connectivity index (χ2v) is 15.3. The van der Waals surface area contributed by atoms with Gasteiger partial charge in [0.05, 0.1) is 24.4 Å². The molecule has 2 N–H and O–H groups in total. The van der Waals surface area contributed by atoms with Crippen molar-refractivity contribution in [2.75, 3.05) is 13.2 Å². The minimum Gasteiger partial charge on any atom is -0.461 e. The van der Waals surface area contributed by atoms with Gasteiger partial charge in [0.1, 0.15) is 11.5 Å². The Morgan fingerprint density at radius 3 is 2.54 bits per heavy atom. The highest BCUT2D eigenvalue weighted by Gasteiger charge is 2.37. The number of nitrogens with zero attached hydrogens (tertiary/aromatic N) is 2. The Morgan fingerprint density at radius 2 is 1.94 bits per heavy atom. The third-order valence-electron chi connectivity index (χ3n) is 7.16. The number of H-pyrrole nitrogens is 1. The van der Waals surface area contributed by atoms with Crippen molar-refractivity contribution in [1.82, 2.24) is 14.8 Å². The molecule has 0 aliphatic rings. The summed E-state index contributed by atoms with van der Waals surface area (Å²) in [5.74, 6) is -0.923. The van der Waals surface area contributed by atoms with E-state index in [9.17, 15) is 9.90 Å². The summed E-state index contributed by atoms with van der Waals surface area (Å²) in [7, 11) is -0.133. The number of aliphatic hydroxyl groups excluding tert-OH is 1. The molecule has 0 saturated carbocycles. The van der Waals surface area contributed by atoms with Gasteiger partial charge >= 0.3 is 5.97 Å². The third kappa shape index (κ3) is 5.22. The summed E-state index contributed by atoms with van der Waals surface area (Å²) in [6.07, 6.45) is 1.29. The number of esters is 1. The topological polar surface area (TPSA) is 89.4 Å². The molecule has 0 bridgehead atoms. The lowest BCUT2D eigenvalue weighted by atomic mass is 9.98. The highest BCUT2D eigenvalue weighted by Crippen LogP contribution is 2.39. The Morgan fingerprint density at radius 1 is 1.26 bits per heavy atom. The summed E-state index contributed by atoms with van der Waals surface area (Å²) < 4.78 is 28.5. The van der Waals surface area contributed by atoms with E-state index < -0.39 is 20.1 Å². The van der Waals surface area contributed by atoms with Crippen molar-refractivity contribution in [2.45, 2.75) is 72.2 Å². The number of aryl methyl sites for hydroxylation is 2. The van der Waals surface area contributed by atoms with Crippen LogP contribution in [0.3, 0.4) is 0 Å². The second kappa shape index (κ2) is 10.2. The molecule has 7 nitrogen and oxygen atoms in total. The quantitative estimate of drug-likeness (QED) is 0.224. The number of aliphatic hydroxyl groups is 1. The molecule has 3 aromatic rings. The van der Waals surface area contributed by atoms with Gasteiger partial charge in [-0.15, -0.1) is 0 Å². The number of aromatic amines is 1. The fraction of sp³-hybridized carbons (Fsp3) is 0.538. The van der Waals surface area contributed by atoms with Crippen LogP contribution in [-0.4, -0.2) is 47.4 Å². The van der Waals surface area contributed by atoms with E-state index in [1.165, 1.54) is 6.07 Å². The average Bonchev–Trinajstić information content (AvgIpc) is 3.28. The Bertz CT molecular complexity index is 1220. The van der Waals surface area contributed by atoms with Gasteiger partial charge in [-0.25, -0.2) is 9.18 Å². The first-order chi connectivity index (χ1) is 16.3. The molecule has 2 aromatic heterocycles. The molecule has 0 aliphatic carbocycles. The number of aromatic nitrogens is 3. The minimum absolute atomic E-state index is 0.113. The van der Waals surface area contributed by atoms with Gasteiger partial charge in [0.2, 0.25) is 0 Å². The fourth-order valence-corrected chi connectivity index (χ4v) is 5.17. The van der Waals surface area contributed by atoms with Crippen LogP contribution >= 0.6 is 0 Å². The van der Waals surface area contributed by atoms with Gasteiger partial charge in [0.25, 0.3) is 0 Å². The monoisotopic (exact) mass is 503 g/mol. The first kappa shape index (κ1) is 27.1. The van der Waals surface area contributed by atoms with Gasteiger partial charge in [0, 0.05) is 35.9 Å².